The standard InChI is InChI=1S/C9H18O3S/c1-9(2,3)13(11)7-5-6-8(10)12-4/h5-7H2,1-4H3. The van der Waals surface area contributed by atoms with E-state index in [0.717, 1.165) is 0 Å². The third-order valence-electron chi connectivity index (χ3n) is 1.62. The minimum Gasteiger partial charge on any atom is -0.469 e. The molecule has 3 nitrogen and oxygen atoms in total. The summed E-state index contributed by atoms with van der Waals surface area (Å²) in [4.78, 5) is 10.7. The summed E-state index contributed by atoms with van der Waals surface area (Å²) in [6.07, 6.45) is 0.995. The van der Waals surface area contributed by atoms with Gasteiger partial charge in [-0.1, -0.05) is 0 Å². The quantitative estimate of drug-likeness (QED) is 0.654. The molecule has 0 aromatic carbocycles. The second kappa shape index (κ2) is 5.37. The second-order valence-electron chi connectivity index (χ2n) is 3.84. The molecule has 4 heteroatoms. The molecule has 0 aromatic heterocycles. The predicted molar refractivity (Wildman–Crippen MR) is 54.0 cm³/mol. The first kappa shape index (κ1) is 12.6. The molecule has 0 radical (unpaired) electrons. The van der Waals surface area contributed by atoms with Crippen LogP contribution in [0.5, 0.6) is 0 Å². The van der Waals surface area contributed by atoms with Gasteiger partial charge in [-0.3, -0.25) is 9.00 Å². The fourth-order valence-corrected chi connectivity index (χ4v) is 1.77. The van der Waals surface area contributed by atoms with E-state index in [1.807, 2.05) is 20.8 Å². The SMILES string of the molecule is COC(=O)CCCS(=O)C(C)(C)C. The van der Waals surface area contributed by atoms with Crippen LogP contribution in [0.15, 0.2) is 0 Å². The van der Waals surface area contributed by atoms with Crippen LogP contribution in [0.25, 0.3) is 0 Å². The molecule has 0 aromatic rings. The van der Waals surface area contributed by atoms with Gasteiger partial charge >= 0.3 is 5.97 Å². The second-order valence-corrected chi connectivity index (χ2v) is 6.17. The van der Waals surface area contributed by atoms with E-state index >= 15 is 0 Å². The van der Waals surface area contributed by atoms with Gasteiger partial charge in [0.05, 0.1) is 7.11 Å². The predicted octanol–water partition coefficient (Wildman–Crippen LogP) is 1.49. The van der Waals surface area contributed by atoms with Gasteiger partial charge < -0.3 is 4.74 Å². The smallest absolute Gasteiger partial charge is 0.305 e. The Kier molecular flexibility index (Phi) is 5.21. The van der Waals surface area contributed by atoms with Crippen LogP contribution in [0.4, 0.5) is 0 Å². The van der Waals surface area contributed by atoms with Gasteiger partial charge in [-0.15, -0.1) is 0 Å². The number of rotatable bonds is 4. The molecular formula is C9H18O3S. The number of carbonyl (C=O) groups excluding carboxylic acids is 1. The summed E-state index contributed by atoms with van der Waals surface area (Å²) in [5.74, 6) is 0.337. The van der Waals surface area contributed by atoms with E-state index < -0.39 is 10.8 Å². The molecule has 13 heavy (non-hydrogen) atoms. The molecule has 0 amide bonds. The Labute approximate surface area is 82.3 Å². The monoisotopic (exact) mass is 206 g/mol. The lowest BCUT2D eigenvalue weighted by atomic mass is 10.3. The molecule has 0 fully saturated rings. The van der Waals surface area contributed by atoms with Gasteiger partial charge in [-0.2, -0.15) is 0 Å². The maximum atomic E-state index is 11.5. The fraction of sp³-hybridized carbons (Fsp3) is 0.889. The highest BCUT2D eigenvalue weighted by molar-refractivity contribution is 7.86. The number of carbonyl (C=O) groups is 1. The minimum atomic E-state index is -0.864. The van der Waals surface area contributed by atoms with Crippen LogP contribution in [0.2, 0.25) is 0 Å². The molecule has 1 atom stereocenters. The van der Waals surface area contributed by atoms with Crippen LogP contribution < -0.4 is 0 Å². The third kappa shape index (κ3) is 5.80. The van der Waals surface area contributed by atoms with Crippen molar-refractivity contribution in [2.24, 2.45) is 0 Å². The average molecular weight is 206 g/mol. The first-order valence-electron chi connectivity index (χ1n) is 4.33. The number of hydrogen-bond acceptors (Lipinski definition) is 3. The van der Waals surface area contributed by atoms with Crippen molar-refractivity contribution in [1.82, 2.24) is 0 Å². The topological polar surface area (TPSA) is 43.4 Å². The van der Waals surface area contributed by atoms with Crippen molar-refractivity contribution in [3.8, 4) is 0 Å². The first-order chi connectivity index (χ1) is 5.88. The van der Waals surface area contributed by atoms with Crippen molar-refractivity contribution in [3.63, 3.8) is 0 Å². The zero-order valence-electron chi connectivity index (χ0n) is 8.75. The van der Waals surface area contributed by atoms with Crippen LogP contribution in [-0.4, -0.2) is 27.8 Å². The lowest BCUT2D eigenvalue weighted by Crippen LogP contribution is -2.24. The van der Waals surface area contributed by atoms with Crippen LogP contribution in [0, 0.1) is 0 Å². The van der Waals surface area contributed by atoms with Crippen LogP contribution in [-0.2, 0) is 20.3 Å². The zero-order chi connectivity index (χ0) is 10.5. The van der Waals surface area contributed by atoms with E-state index in [1.54, 1.807) is 0 Å². The van der Waals surface area contributed by atoms with E-state index in [1.165, 1.54) is 7.11 Å². The van der Waals surface area contributed by atoms with Gasteiger partial charge in [-0.05, 0) is 27.2 Å². The molecule has 0 rings (SSSR count). The highest BCUT2D eigenvalue weighted by Crippen LogP contribution is 2.12. The summed E-state index contributed by atoms with van der Waals surface area (Å²) in [6, 6.07) is 0. The van der Waals surface area contributed by atoms with Crippen molar-refractivity contribution >= 4 is 16.8 Å². The Morgan fingerprint density at radius 1 is 1.38 bits per heavy atom. The molecule has 0 saturated carbocycles. The molecule has 0 aliphatic heterocycles. The molecule has 0 saturated heterocycles. The van der Waals surface area contributed by atoms with E-state index in [4.69, 9.17) is 0 Å². The Hall–Kier alpha value is -0.380. The molecule has 78 valence electrons. The Morgan fingerprint density at radius 2 is 1.92 bits per heavy atom. The third-order valence-corrected chi connectivity index (χ3v) is 3.65. The summed E-state index contributed by atoms with van der Waals surface area (Å²) in [7, 11) is 0.501. The van der Waals surface area contributed by atoms with E-state index in [0.29, 0.717) is 18.6 Å². The highest BCUT2D eigenvalue weighted by atomic mass is 32.2. The van der Waals surface area contributed by atoms with Gasteiger partial charge in [0.2, 0.25) is 0 Å². The van der Waals surface area contributed by atoms with Crippen LogP contribution >= 0.6 is 0 Å². The van der Waals surface area contributed by atoms with Crippen molar-refractivity contribution in [2.75, 3.05) is 12.9 Å². The number of esters is 1. The molecule has 0 bridgehead atoms. The molecule has 0 aliphatic rings. The Balaban J connectivity index is 3.67. The average Bonchev–Trinajstić information content (AvgIpc) is 2.02. The summed E-state index contributed by atoms with van der Waals surface area (Å²) < 4.78 is 15.8. The van der Waals surface area contributed by atoms with Crippen LogP contribution in [0.3, 0.4) is 0 Å². The van der Waals surface area contributed by atoms with Crippen molar-refractivity contribution in [2.45, 2.75) is 38.4 Å². The molecule has 1 unspecified atom stereocenters. The summed E-state index contributed by atoms with van der Waals surface area (Å²) in [6.45, 7) is 5.80. The maximum absolute atomic E-state index is 11.5. The largest absolute Gasteiger partial charge is 0.469 e. The number of methoxy groups -OCH3 is 1. The highest BCUT2D eigenvalue weighted by Gasteiger charge is 2.18. The number of hydrogen-bond donors (Lipinski definition) is 0. The van der Waals surface area contributed by atoms with Crippen molar-refractivity contribution in [1.29, 1.82) is 0 Å². The molecule has 0 aliphatic carbocycles. The Morgan fingerprint density at radius 3 is 2.31 bits per heavy atom. The Bertz CT molecular complexity index is 194. The fourth-order valence-electron chi connectivity index (χ4n) is 0.756. The van der Waals surface area contributed by atoms with Gasteiger partial charge in [0.1, 0.15) is 0 Å². The number of ether oxygens (including phenoxy) is 1. The molecule has 0 N–H and O–H groups in total. The summed E-state index contributed by atoms with van der Waals surface area (Å²) in [5.41, 5.74) is 0. The summed E-state index contributed by atoms with van der Waals surface area (Å²) >= 11 is 0. The zero-order valence-corrected chi connectivity index (χ0v) is 9.57. The van der Waals surface area contributed by atoms with Gasteiger partial charge in [0.15, 0.2) is 0 Å². The lowest BCUT2D eigenvalue weighted by Gasteiger charge is -2.17. The van der Waals surface area contributed by atoms with Crippen molar-refractivity contribution in [3.05, 3.63) is 0 Å². The van der Waals surface area contributed by atoms with Crippen LogP contribution in [0.1, 0.15) is 33.6 Å². The van der Waals surface area contributed by atoms with Gasteiger partial charge in [-0.25, -0.2) is 0 Å². The normalized spacial score (nSPS) is 13.8. The van der Waals surface area contributed by atoms with Gasteiger partial charge in [0.25, 0.3) is 0 Å². The lowest BCUT2D eigenvalue weighted by molar-refractivity contribution is -0.140. The first-order valence-corrected chi connectivity index (χ1v) is 5.65. The minimum absolute atomic E-state index is 0.184. The summed E-state index contributed by atoms with van der Waals surface area (Å²) in [5, 5.41) is 0. The maximum Gasteiger partial charge on any atom is 0.305 e. The molecule has 0 heterocycles. The molecular weight excluding hydrogens is 188 g/mol. The van der Waals surface area contributed by atoms with E-state index in [9.17, 15) is 9.00 Å². The van der Waals surface area contributed by atoms with Crippen molar-refractivity contribution < 1.29 is 13.7 Å². The van der Waals surface area contributed by atoms with Gasteiger partial charge in [0, 0.05) is 27.7 Å². The van der Waals surface area contributed by atoms with E-state index in [2.05, 4.69) is 4.74 Å². The molecule has 0 spiro atoms. The van der Waals surface area contributed by atoms with E-state index in [-0.39, 0.29) is 10.7 Å².